The third-order valence-corrected chi connectivity index (χ3v) is 2.16. The van der Waals surface area contributed by atoms with E-state index >= 15 is 0 Å². The molecule has 0 fully saturated rings. The zero-order chi connectivity index (χ0) is 12.4. The summed E-state index contributed by atoms with van der Waals surface area (Å²) in [6.07, 6.45) is 1.15. The Balaban J connectivity index is 3.41. The van der Waals surface area contributed by atoms with Gasteiger partial charge in [0.25, 0.3) is 0 Å². The van der Waals surface area contributed by atoms with Crippen LogP contribution in [0.3, 0.4) is 0 Å². The van der Waals surface area contributed by atoms with Crippen molar-refractivity contribution in [2.24, 2.45) is 0 Å². The highest BCUT2D eigenvalue weighted by Crippen LogP contribution is 2.03. The fraction of sp³-hybridized carbons (Fsp3) is 0.917. The van der Waals surface area contributed by atoms with E-state index in [2.05, 4.69) is 6.92 Å². The Morgan fingerprint density at radius 1 is 1.06 bits per heavy atom. The van der Waals surface area contributed by atoms with Crippen molar-refractivity contribution in [2.75, 3.05) is 26.4 Å². The quantitative estimate of drug-likeness (QED) is 0.539. The fourth-order valence-electron chi connectivity index (χ4n) is 1.08. The maximum absolute atomic E-state index is 10.6. The Hall–Kier alpha value is -0.450. The second kappa shape index (κ2) is 9.75. The molecule has 0 radical (unpaired) electrons. The summed E-state index contributed by atoms with van der Waals surface area (Å²) in [6, 6.07) is 0. The SMILES string of the molecule is CCCO[C@H](C)[C@@H](C)OCCOCC(C)=O. The lowest BCUT2D eigenvalue weighted by atomic mass is 10.2. The average Bonchev–Trinajstić information content (AvgIpc) is 2.24. The zero-order valence-electron chi connectivity index (χ0n) is 10.8. The number of ether oxygens (including phenoxy) is 3. The summed E-state index contributed by atoms with van der Waals surface area (Å²) >= 11 is 0. The van der Waals surface area contributed by atoms with E-state index in [0.717, 1.165) is 13.0 Å². The Kier molecular flexibility index (Phi) is 9.48. The number of carbonyl (C=O) groups excluding carboxylic acids is 1. The van der Waals surface area contributed by atoms with Gasteiger partial charge in [0.2, 0.25) is 0 Å². The van der Waals surface area contributed by atoms with E-state index in [4.69, 9.17) is 14.2 Å². The van der Waals surface area contributed by atoms with E-state index in [1.54, 1.807) is 0 Å². The van der Waals surface area contributed by atoms with Crippen LogP contribution in [0.4, 0.5) is 0 Å². The van der Waals surface area contributed by atoms with Gasteiger partial charge in [-0.15, -0.1) is 0 Å². The molecule has 0 aliphatic rings. The first-order chi connectivity index (χ1) is 7.57. The van der Waals surface area contributed by atoms with Crippen molar-refractivity contribution in [3.63, 3.8) is 0 Å². The predicted molar refractivity (Wildman–Crippen MR) is 62.6 cm³/mol. The Morgan fingerprint density at radius 3 is 2.12 bits per heavy atom. The number of hydrogen-bond donors (Lipinski definition) is 0. The minimum absolute atomic E-state index is 0.0349. The van der Waals surface area contributed by atoms with Crippen molar-refractivity contribution in [2.45, 2.75) is 46.3 Å². The van der Waals surface area contributed by atoms with Crippen LogP contribution in [0.5, 0.6) is 0 Å². The molecule has 0 aliphatic carbocycles. The first-order valence-electron chi connectivity index (χ1n) is 5.88. The summed E-state index contributed by atoms with van der Waals surface area (Å²) in [5, 5.41) is 0. The summed E-state index contributed by atoms with van der Waals surface area (Å²) < 4.78 is 16.1. The van der Waals surface area contributed by atoms with Crippen LogP contribution >= 0.6 is 0 Å². The molecule has 0 unspecified atom stereocenters. The first kappa shape index (κ1) is 15.6. The van der Waals surface area contributed by atoms with E-state index in [-0.39, 0.29) is 24.6 Å². The van der Waals surface area contributed by atoms with Crippen LogP contribution in [0.25, 0.3) is 0 Å². The molecule has 0 aliphatic heterocycles. The molecule has 0 rings (SSSR count). The lowest BCUT2D eigenvalue weighted by Gasteiger charge is -2.20. The highest BCUT2D eigenvalue weighted by Gasteiger charge is 2.12. The van der Waals surface area contributed by atoms with Crippen molar-refractivity contribution in [1.82, 2.24) is 0 Å². The summed E-state index contributed by atoms with van der Waals surface area (Å²) in [5.74, 6) is 0.0349. The molecule has 0 aromatic heterocycles. The van der Waals surface area contributed by atoms with E-state index in [0.29, 0.717) is 13.2 Å². The molecular weight excluding hydrogens is 208 g/mol. The molecule has 16 heavy (non-hydrogen) atoms. The second-order valence-electron chi connectivity index (χ2n) is 3.91. The standard InChI is InChI=1S/C12H24O4/c1-5-6-15-11(3)12(4)16-8-7-14-9-10(2)13/h11-12H,5-9H2,1-4H3/t11-,12-/m1/s1. The van der Waals surface area contributed by atoms with Gasteiger partial charge in [-0.1, -0.05) is 6.92 Å². The minimum atomic E-state index is 0.0349. The second-order valence-corrected chi connectivity index (χ2v) is 3.91. The number of Topliss-reactive ketones (excluding diaryl/α,β-unsaturated/α-hetero) is 1. The normalized spacial score (nSPS) is 14.8. The molecule has 0 aromatic carbocycles. The fourth-order valence-corrected chi connectivity index (χ4v) is 1.08. The van der Waals surface area contributed by atoms with Gasteiger partial charge in [-0.25, -0.2) is 0 Å². The van der Waals surface area contributed by atoms with Gasteiger partial charge in [0.05, 0.1) is 25.4 Å². The van der Waals surface area contributed by atoms with E-state index in [1.165, 1.54) is 6.92 Å². The Bertz CT molecular complexity index is 182. The van der Waals surface area contributed by atoms with Crippen molar-refractivity contribution in [3.8, 4) is 0 Å². The molecule has 0 amide bonds. The van der Waals surface area contributed by atoms with E-state index in [9.17, 15) is 4.79 Å². The highest BCUT2D eigenvalue weighted by molar-refractivity contribution is 5.76. The van der Waals surface area contributed by atoms with Crippen LogP contribution in [0.15, 0.2) is 0 Å². The van der Waals surface area contributed by atoms with Crippen LogP contribution in [-0.4, -0.2) is 44.4 Å². The third-order valence-electron chi connectivity index (χ3n) is 2.16. The summed E-state index contributed by atoms with van der Waals surface area (Å²) in [7, 11) is 0. The average molecular weight is 232 g/mol. The number of hydrogen-bond acceptors (Lipinski definition) is 4. The Labute approximate surface area is 98.3 Å². The predicted octanol–water partition coefficient (Wildman–Crippen LogP) is 1.81. The number of ketones is 1. The van der Waals surface area contributed by atoms with Crippen LogP contribution in [0, 0.1) is 0 Å². The minimum Gasteiger partial charge on any atom is -0.376 e. The molecule has 0 heterocycles. The van der Waals surface area contributed by atoms with Crippen molar-refractivity contribution in [1.29, 1.82) is 0 Å². The van der Waals surface area contributed by atoms with Gasteiger partial charge < -0.3 is 14.2 Å². The maximum Gasteiger partial charge on any atom is 0.155 e. The maximum atomic E-state index is 10.6. The number of carbonyl (C=O) groups is 1. The van der Waals surface area contributed by atoms with Gasteiger partial charge in [-0.2, -0.15) is 0 Å². The van der Waals surface area contributed by atoms with Crippen LogP contribution in [0.2, 0.25) is 0 Å². The topological polar surface area (TPSA) is 44.8 Å². The largest absolute Gasteiger partial charge is 0.376 e. The van der Waals surface area contributed by atoms with Gasteiger partial charge in [0.15, 0.2) is 5.78 Å². The van der Waals surface area contributed by atoms with Crippen LogP contribution in [0.1, 0.15) is 34.1 Å². The van der Waals surface area contributed by atoms with Crippen LogP contribution in [-0.2, 0) is 19.0 Å². The zero-order valence-corrected chi connectivity index (χ0v) is 10.8. The van der Waals surface area contributed by atoms with E-state index in [1.807, 2.05) is 13.8 Å². The monoisotopic (exact) mass is 232 g/mol. The molecule has 0 aromatic rings. The molecule has 0 saturated heterocycles. The molecule has 96 valence electrons. The molecule has 0 saturated carbocycles. The van der Waals surface area contributed by atoms with Gasteiger partial charge in [0, 0.05) is 6.61 Å². The summed E-state index contributed by atoms with van der Waals surface area (Å²) in [4.78, 5) is 10.6. The highest BCUT2D eigenvalue weighted by atomic mass is 16.6. The molecule has 2 atom stereocenters. The molecule has 4 nitrogen and oxygen atoms in total. The van der Waals surface area contributed by atoms with Crippen LogP contribution < -0.4 is 0 Å². The number of rotatable bonds is 10. The molecule has 4 heteroatoms. The lowest BCUT2D eigenvalue weighted by Crippen LogP contribution is -2.28. The smallest absolute Gasteiger partial charge is 0.155 e. The lowest BCUT2D eigenvalue weighted by molar-refractivity contribution is -0.122. The Morgan fingerprint density at radius 2 is 1.62 bits per heavy atom. The molecule has 0 spiro atoms. The van der Waals surface area contributed by atoms with Gasteiger partial charge in [-0.3, -0.25) is 4.79 Å². The molecule has 0 N–H and O–H groups in total. The third kappa shape index (κ3) is 8.83. The summed E-state index contributed by atoms with van der Waals surface area (Å²) in [6.45, 7) is 9.42. The van der Waals surface area contributed by atoms with Gasteiger partial charge in [-0.05, 0) is 27.2 Å². The van der Waals surface area contributed by atoms with Crippen molar-refractivity contribution < 1.29 is 19.0 Å². The van der Waals surface area contributed by atoms with Crippen molar-refractivity contribution in [3.05, 3.63) is 0 Å². The van der Waals surface area contributed by atoms with Gasteiger partial charge in [0.1, 0.15) is 6.61 Å². The van der Waals surface area contributed by atoms with Gasteiger partial charge >= 0.3 is 0 Å². The molecular formula is C12H24O4. The first-order valence-corrected chi connectivity index (χ1v) is 5.88. The molecule has 0 bridgehead atoms. The van der Waals surface area contributed by atoms with E-state index < -0.39 is 0 Å². The summed E-state index contributed by atoms with van der Waals surface area (Å²) in [5.41, 5.74) is 0. The van der Waals surface area contributed by atoms with Crippen molar-refractivity contribution >= 4 is 5.78 Å².